The number of hydrogen-bond acceptors (Lipinski definition) is 4. The van der Waals surface area contributed by atoms with Gasteiger partial charge in [-0.1, -0.05) is 0 Å². The first-order valence-electron chi connectivity index (χ1n) is 9.30. The summed E-state index contributed by atoms with van der Waals surface area (Å²) < 4.78 is 66.2. The molecule has 0 atom stereocenters. The van der Waals surface area contributed by atoms with Gasteiger partial charge < -0.3 is 15.4 Å². The molecule has 1 aliphatic heterocycles. The molecule has 1 saturated heterocycles. The van der Waals surface area contributed by atoms with Crippen molar-refractivity contribution in [1.82, 2.24) is 14.9 Å². The van der Waals surface area contributed by atoms with E-state index < -0.39 is 15.5 Å². The van der Waals surface area contributed by atoms with Crippen molar-refractivity contribution >= 4 is 16.0 Å². The van der Waals surface area contributed by atoms with Crippen molar-refractivity contribution in [1.29, 1.82) is 0 Å². The number of rotatable bonds is 10. The number of halogens is 3. The van der Waals surface area contributed by atoms with E-state index in [0.717, 1.165) is 32.4 Å². The van der Waals surface area contributed by atoms with Gasteiger partial charge >= 0.3 is 15.5 Å². The zero-order valence-corrected chi connectivity index (χ0v) is 16.8. The number of guanidine groups is 1. The van der Waals surface area contributed by atoms with Crippen molar-refractivity contribution < 1.29 is 26.3 Å². The van der Waals surface area contributed by atoms with Gasteiger partial charge in [-0.15, -0.1) is 0 Å². The Morgan fingerprint density at radius 2 is 1.85 bits per heavy atom. The second kappa shape index (κ2) is 11.7. The van der Waals surface area contributed by atoms with Gasteiger partial charge in [-0.3, -0.25) is 4.99 Å². The van der Waals surface area contributed by atoms with Crippen molar-refractivity contribution in [3.63, 3.8) is 0 Å². The van der Waals surface area contributed by atoms with Gasteiger partial charge in [0.2, 0.25) is 0 Å². The minimum atomic E-state index is -5.23. The van der Waals surface area contributed by atoms with E-state index in [4.69, 9.17) is 4.74 Å². The van der Waals surface area contributed by atoms with E-state index in [9.17, 15) is 21.6 Å². The number of alkyl halides is 3. The second-order valence-electron chi connectivity index (χ2n) is 6.49. The fourth-order valence-corrected chi connectivity index (χ4v) is 3.78. The SMILES string of the molecule is CCNC(=NCC1CCN(S(=O)(=O)C(F)(F)F)CC1)NCCCCCOC. The Kier molecular flexibility index (Phi) is 10.4. The van der Waals surface area contributed by atoms with Crippen LogP contribution in [0.3, 0.4) is 0 Å². The monoisotopic (exact) mass is 416 g/mol. The molecule has 1 fully saturated rings. The number of sulfonamides is 1. The molecule has 160 valence electrons. The van der Waals surface area contributed by atoms with Crippen LogP contribution in [0.4, 0.5) is 13.2 Å². The zero-order valence-electron chi connectivity index (χ0n) is 16.0. The maximum atomic E-state index is 12.6. The van der Waals surface area contributed by atoms with E-state index in [1.807, 2.05) is 6.92 Å². The van der Waals surface area contributed by atoms with Gasteiger partial charge in [0, 0.05) is 46.4 Å². The van der Waals surface area contributed by atoms with Crippen LogP contribution in [0.15, 0.2) is 4.99 Å². The largest absolute Gasteiger partial charge is 0.511 e. The Labute approximate surface area is 159 Å². The molecule has 0 amide bonds. The van der Waals surface area contributed by atoms with Crippen molar-refractivity contribution in [3.8, 4) is 0 Å². The third-order valence-electron chi connectivity index (χ3n) is 4.38. The van der Waals surface area contributed by atoms with Crippen molar-refractivity contribution in [2.24, 2.45) is 10.9 Å². The number of unbranched alkanes of at least 4 members (excludes halogenated alkanes) is 2. The van der Waals surface area contributed by atoms with Crippen LogP contribution in [0.25, 0.3) is 0 Å². The molecule has 0 unspecified atom stereocenters. The van der Waals surface area contributed by atoms with Crippen LogP contribution in [0.2, 0.25) is 0 Å². The fourth-order valence-electron chi connectivity index (χ4n) is 2.80. The molecule has 0 aromatic rings. The molecular formula is C16H31F3N4O3S. The maximum Gasteiger partial charge on any atom is 0.511 e. The normalized spacial score (nSPS) is 17.9. The summed E-state index contributed by atoms with van der Waals surface area (Å²) in [6, 6.07) is 0. The molecule has 0 aromatic carbocycles. The Bertz CT molecular complexity index is 548. The molecule has 0 aromatic heterocycles. The lowest BCUT2D eigenvalue weighted by molar-refractivity contribution is -0.0496. The van der Waals surface area contributed by atoms with E-state index in [1.165, 1.54) is 0 Å². The minimum absolute atomic E-state index is 0.0712. The highest BCUT2D eigenvalue weighted by molar-refractivity contribution is 7.90. The molecule has 1 heterocycles. The predicted molar refractivity (Wildman–Crippen MR) is 99.0 cm³/mol. The number of ether oxygens (including phenoxy) is 1. The van der Waals surface area contributed by atoms with Gasteiger partial charge in [0.05, 0.1) is 0 Å². The van der Waals surface area contributed by atoms with Crippen LogP contribution < -0.4 is 10.6 Å². The fraction of sp³-hybridized carbons (Fsp3) is 0.938. The molecule has 0 bridgehead atoms. The maximum absolute atomic E-state index is 12.6. The first kappa shape index (κ1) is 24.0. The number of aliphatic imine (C=N–C) groups is 1. The van der Waals surface area contributed by atoms with Gasteiger partial charge in [0.1, 0.15) is 0 Å². The highest BCUT2D eigenvalue weighted by atomic mass is 32.2. The summed E-state index contributed by atoms with van der Waals surface area (Å²) in [5.41, 5.74) is -5.23. The standard InChI is InChI=1S/C16H31F3N4O3S/c1-3-20-15(21-9-5-4-6-12-26-2)22-13-14-7-10-23(11-8-14)27(24,25)16(17,18)19/h14H,3-13H2,1-2H3,(H2,20,21,22). The first-order valence-corrected chi connectivity index (χ1v) is 10.7. The smallest absolute Gasteiger partial charge is 0.385 e. The number of nitrogens with zero attached hydrogens (tertiary/aromatic N) is 2. The summed E-state index contributed by atoms with van der Waals surface area (Å²) in [6.45, 7) is 4.40. The minimum Gasteiger partial charge on any atom is -0.385 e. The quantitative estimate of drug-likeness (QED) is 0.323. The van der Waals surface area contributed by atoms with Gasteiger partial charge in [-0.2, -0.15) is 17.5 Å². The lowest BCUT2D eigenvalue weighted by atomic mass is 9.98. The Morgan fingerprint density at radius 3 is 2.41 bits per heavy atom. The molecule has 1 rings (SSSR count). The second-order valence-corrected chi connectivity index (χ2v) is 8.42. The molecule has 27 heavy (non-hydrogen) atoms. The topological polar surface area (TPSA) is 83.0 Å². The molecular weight excluding hydrogens is 385 g/mol. The van der Waals surface area contributed by atoms with Crippen LogP contribution in [0.1, 0.15) is 39.0 Å². The average Bonchev–Trinajstić information content (AvgIpc) is 2.62. The van der Waals surface area contributed by atoms with Crippen LogP contribution in [0.5, 0.6) is 0 Å². The molecule has 11 heteroatoms. The van der Waals surface area contributed by atoms with E-state index in [1.54, 1.807) is 7.11 Å². The molecule has 7 nitrogen and oxygen atoms in total. The van der Waals surface area contributed by atoms with Crippen LogP contribution in [-0.2, 0) is 14.8 Å². The van der Waals surface area contributed by atoms with Gasteiger partial charge in [0.25, 0.3) is 0 Å². The van der Waals surface area contributed by atoms with Gasteiger partial charge in [0.15, 0.2) is 5.96 Å². The summed E-state index contributed by atoms with van der Waals surface area (Å²) in [4.78, 5) is 4.49. The lowest BCUT2D eigenvalue weighted by Crippen LogP contribution is -2.45. The summed E-state index contributed by atoms with van der Waals surface area (Å²) >= 11 is 0. The summed E-state index contributed by atoms with van der Waals surface area (Å²) in [7, 11) is -3.54. The number of hydrogen-bond donors (Lipinski definition) is 2. The van der Waals surface area contributed by atoms with Crippen molar-refractivity contribution in [2.75, 3.05) is 46.4 Å². The van der Waals surface area contributed by atoms with E-state index in [0.29, 0.717) is 36.2 Å². The molecule has 1 aliphatic rings. The zero-order chi connectivity index (χ0) is 20.3. The summed E-state index contributed by atoms with van der Waals surface area (Å²) in [6.07, 6.45) is 3.78. The predicted octanol–water partition coefficient (Wildman–Crippen LogP) is 1.92. The Morgan fingerprint density at radius 1 is 1.19 bits per heavy atom. The van der Waals surface area contributed by atoms with Crippen LogP contribution in [-0.4, -0.2) is 70.6 Å². The average molecular weight is 417 g/mol. The molecule has 0 spiro atoms. The summed E-state index contributed by atoms with van der Waals surface area (Å²) in [5.74, 6) is 0.747. The Hall–Kier alpha value is -1.07. The van der Waals surface area contributed by atoms with Gasteiger partial charge in [-0.05, 0) is 44.9 Å². The van der Waals surface area contributed by atoms with E-state index in [2.05, 4.69) is 15.6 Å². The molecule has 0 radical (unpaired) electrons. The van der Waals surface area contributed by atoms with Crippen molar-refractivity contribution in [3.05, 3.63) is 0 Å². The Balaban J connectivity index is 2.41. The first-order chi connectivity index (χ1) is 12.7. The highest BCUT2D eigenvalue weighted by Crippen LogP contribution is 2.30. The van der Waals surface area contributed by atoms with E-state index in [-0.39, 0.29) is 19.0 Å². The molecule has 0 aliphatic carbocycles. The van der Waals surface area contributed by atoms with Crippen LogP contribution >= 0.6 is 0 Å². The number of methoxy groups -OCH3 is 1. The van der Waals surface area contributed by atoms with E-state index >= 15 is 0 Å². The highest BCUT2D eigenvalue weighted by Gasteiger charge is 2.50. The third-order valence-corrected chi connectivity index (χ3v) is 6.01. The van der Waals surface area contributed by atoms with Gasteiger partial charge in [-0.25, -0.2) is 8.42 Å². The molecule has 0 saturated carbocycles. The number of piperidine rings is 1. The summed E-state index contributed by atoms with van der Waals surface area (Å²) in [5, 5.41) is 6.37. The van der Waals surface area contributed by atoms with Crippen LogP contribution in [0, 0.1) is 5.92 Å². The third kappa shape index (κ3) is 8.22. The van der Waals surface area contributed by atoms with Crippen molar-refractivity contribution in [2.45, 2.75) is 44.5 Å². The lowest BCUT2D eigenvalue weighted by Gasteiger charge is -2.30. The molecule has 2 N–H and O–H groups in total. The number of nitrogens with one attached hydrogen (secondary N) is 2.